The van der Waals surface area contributed by atoms with E-state index in [2.05, 4.69) is 16.4 Å². The Labute approximate surface area is 119 Å². The molecule has 0 unspecified atom stereocenters. The summed E-state index contributed by atoms with van der Waals surface area (Å²) in [4.78, 5) is 4.27. The molecule has 2 aromatic carbocycles. The molecule has 1 N–H and O–H groups in total. The topological polar surface area (TPSA) is 48.7 Å². The molecule has 0 spiro atoms. The van der Waals surface area contributed by atoms with Crippen LogP contribution < -0.4 is 5.32 Å². The predicted molar refractivity (Wildman–Crippen MR) is 76.1 cm³/mol. The number of rotatable bonds is 2. The molecule has 0 bridgehead atoms. The first-order valence-corrected chi connectivity index (χ1v) is 6.20. The van der Waals surface area contributed by atoms with Crippen LogP contribution in [-0.4, -0.2) is 4.98 Å². The molecule has 0 saturated heterocycles. The molecule has 1 aromatic heterocycles. The van der Waals surface area contributed by atoms with Crippen molar-refractivity contribution in [2.75, 3.05) is 5.32 Å². The van der Waals surface area contributed by atoms with Gasteiger partial charge in [0, 0.05) is 5.39 Å². The highest BCUT2D eigenvalue weighted by Gasteiger charge is 2.11. The summed E-state index contributed by atoms with van der Waals surface area (Å²) in [7, 11) is 0. The third-order valence-corrected chi connectivity index (χ3v) is 3.05. The maximum absolute atomic E-state index is 13.6. The Bertz CT molecular complexity index is 849. The molecule has 3 nitrogen and oxygen atoms in total. The van der Waals surface area contributed by atoms with E-state index in [1.165, 1.54) is 12.1 Å². The highest BCUT2D eigenvalue weighted by Crippen LogP contribution is 2.25. The van der Waals surface area contributed by atoms with Crippen LogP contribution >= 0.6 is 0 Å². The van der Waals surface area contributed by atoms with E-state index in [1.54, 1.807) is 24.3 Å². The van der Waals surface area contributed by atoms with Crippen molar-refractivity contribution in [1.29, 1.82) is 5.26 Å². The van der Waals surface area contributed by atoms with Crippen molar-refractivity contribution in [3.63, 3.8) is 0 Å². The first-order chi connectivity index (χ1) is 10.2. The molecule has 5 heteroatoms. The molecule has 0 saturated carbocycles. The Kier molecular flexibility index (Phi) is 3.20. The van der Waals surface area contributed by atoms with Crippen LogP contribution in [0.1, 0.15) is 5.56 Å². The third kappa shape index (κ3) is 2.39. The minimum Gasteiger partial charge on any atom is -0.335 e. The normalized spacial score (nSPS) is 10.3. The van der Waals surface area contributed by atoms with Gasteiger partial charge in [0.15, 0.2) is 0 Å². The molecule has 0 amide bonds. The lowest BCUT2D eigenvalue weighted by Gasteiger charge is -2.09. The van der Waals surface area contributed by atoms with Crippen LogP contribution in [-0.2, 0) is 0 Å². The van der Waals surface area contributed by atoms with E-state index in [1.807, 2.05) is 0 Å². The smallest absolute Gasteiger partial charge is 0.149 e. The minimum absolute atomic E-state index is 0.217. The van der Waals surface area contributed by atoms with Crippen molar-refractivity contribution in [3.05, 3.63) is 65.7 Å². The highest BCUT2D eigenvalue weighted by atomic mass is 19.1. The summed E-state index contributed by atoms with van der Waals surface area (Å²) in [6.07, 6.45) is 0. The van der Waals surface area contributed by atoms with Gasteiger partial charge in [-0.3, -0.25) is 0 Å². The summed E-state index contributed by atoms with van der Waals surface area (Å²) in [5.41, 5.74) is 0.680. The van der Waals surface area contributed by atoms with E-state index in [4.69, 9.17) is 0 Å². The molecule has 0 aliphatic carbocycles. The van der Waals surface area contributed by atoms with Gasteiger partial charge in [0.25, 0.3) is 0 Å². The Morgan fingerprint density at radius 2 is 1.71 bits per heavy atom. The van der Waals surface area contributed by atoms with Gasteiger partial charge in [-0.1, -0.05) is 24.3 Å². The van der Waals surface area contributed by atoms with Gasteiger partial charge < -0.3 is 5.32 Å². The van der Waals surface area contributed by atoms with Gasteiger partial charge in [0.05, 0.1) is 17.1 Å². The molecule has 0 aliphatic heterocycles. The van der Waals surface area contributed by atoms with Crippen LogP contribution in [0.5, 0.6) is 0 Å². The van der Waals surface area contributed by atoms with Gasteiger partial charge in [0.2, 0.25) is 0 Å². The van der Waals surface area contributed by atoms with Gasteiger partial charge in [-0.25, -0.2) is 13.8 Å². The van der Waals surface area contributed by atoms with Crippen molar-refractivity contribution in [3.8, 4) is 6.07 Å². The minimum atomic E-state index is -0.719. The van der Waals surface area contributed by atoms with E-state index in [0.717, 1.165) is 12.1 Å². The molecule has 0 atom stereocenters. The van der Waals surface area contributed by atoms with Crippen molar-refractivity contribution in [2.45, 2.75) is 0 Å². The second kappa shape index (κ2) is 5.17. The summed E-state index contributed by atoms with van der Waals surface area (Å²) in [6, 6.07) is 14.2. The summed E-state index contributed by atoms with van der Waals surface area (Å²) in [6.45, 7) is 0. The number of nitriles is 1. The number of para-hydroxylation sites is 2. The van der Waals surface area contributed by atoms with Gasteiger partial charge in [-0.2, -0.15) is 5.26 Å². The largest absolute Gasteiger partial charge is 0.335 e. The lowest BCUT2D eigenvalue weighted by Crippen LogP contribution is -2.00. The fourth-order valence-corrected chi connectivity index (χ4v) is 2.08. The third-order valence-electron chi connectivity index (χ3n) is 3.05. The first-order valence-electron chi connectivity index (χ1n) is 6.20. The molecule has 102 valence electrons. The summed E-state index contributed by atoms with van der Waals surface area (Å²) < 4.78 is 27.3. The Balaban J connectivity index is 2.12. The van der Waals surface area contributed by atoms with Crippen molar-refractivity contribution in [2.24, 2.45) is 0 Å². The van der Waals surface area contributed by atoms with Crippen LogP contribution in [0.3, 0.4) is 0 Å². The lowest BCUT2D eigenvalue weighted by molar-refractivity contribution is 0.590. The monoisotopic (exact) mass is 281 g/mol. The summed E-state index contributed by atoms with van der Waals surface area (Å²) in [5, 5.41) is 12.5. The van der Waals surface area contributed by atoms with Gasteiger partial charge in [-0.05, 0) is 24.3 Å². The number of benzene rings is 2. The van der Waals surface area contributed by atoms with E-state index in [9.17, 15) is 14.0 Å². The number of halogens is 2. The maximum atomic E-state index is 13.6. The van der Waals surface area contributed by atoms with Crippen LogP contribution in [0.2, 0.25) is 0 Å². The molecule has 0 fully saturated rings. The number of aromatic nitrogens is 1. The van der Waals surface area contributed by atoms with Gasteiger partial charge in [-0.15, -0.1) is 0 Å². The van der Waals surface area contributed by atoms with E-state index in [0.29, 0.717) is 16.5 Å². The maximum Gasteiger partial charge on any atom is 0.149 e. The van der Waals surface area contributed by atoms with Gasteiger partial charge >= 0.3 is 0 Å². The summed E-state index contributed by atoms with van der Waals surface area (Å²) >= 11 is 0. The van der Waals surface area contributed by atoms with Gasteiger partial charge in [0.1, 0.15) is 23.1 Å². The number of nitrogens with one attached hydrogen (secondary N) is 1. The van der Waals surface area contributed by atoms with E-state index < -0.39 is 11.6 Å². The predicted octanol–water partition coefficient (Wildman–Crippen LogP) is 4.13. The molecule has 3 aromatic rings. The average Bonchev–Trinajstić information content (AvgIpc) is 2.50. The number of nitrogens with zero attached hydrogens (tertiary/aromatic N) is 2. The Hall–Kier alpha value is -3.00. The number of hydrogen-bond donors (Lipinski definition) is 1. The second-order valence-electron chi connectivity index (χ2n) is 4.41. The fourth-order valence-electron chi connectivity index (χ4n) is 2.08. The molecule has 0 radical (unpaired) electrons. The molecule has 0 aliphatic rings. The molecular weight excluding hydrogens is 272 g/mol. The second-order valence-corrected chi connectivity index (χ2v) is 4.41. The van der Waals surface area contributed by atoms with Crippen LogP contribution in [0.4, 0.5) is 20.3 Å². The Morgan fingerprint density at radius 1 is 1.00 bits per heavy atom. The van der Waals surface area contributed by atoms with E-state index in [-0.39, 0.29) is 11.5 Å². The first kappa shape index (κ1) is 13.0. The zero-order valence-corrected chi connectivity index (χ0v) is 10.8. The quantitative estimate of drug-likeness (QED) is 0.768. The number of hydrogen-bond acceptors (Lipinski definition) is 3. The van der Waals surface area contributed by atoms with Crippen LogP contribution in [0.25, 0.3) is 10.9 Å². The van der Waals surface area contributed by atoms with Crippen molar-refractivity contribution >= 4 is 22.4 Å². The Morgan fingerprint density at radius 3 is 2.43 bits per heavy atom. The zero-order valence-electron chi connectivity index (χ0n) is 10.8. The number of anilines is 2. The number of pyridine rings is 1. The fraction of sp³-hybridized carbons (Fsp3) is 0. The van der Waals surface area contributed by atoms with Crippen molar-refractivity contribution in [1.82, 2.24) is 4.98 Å². The zero-order chi connectivity index (χ0) is 14.8. The van der Waals surface area contributed by atoms with Crippen LogP contribution in [0.15, 0.2) is 48.5 Å². The molecule has 3 rings (SSSR count). The highest BCUT2D eigenvalue weighted by molar-refractivity contribution is 5.86. The molecular formula is C16H9F2N3. The average molecular weight is 281 g/mol. The van der Waals surface area contributed by atoms with Crippen molar-refractivity contribution < 1.29 is 8.78 Å². The SMILES string of the molecule is N#Cc1cc(Nc2c(F)cccc2F)nc2ccccc12. The molecule has 21 heavy (non-hydrogen) atoms. The summed E-state index contributed by atoms with van der Waals surface area (Å²) in [5.74, 6) is -1.22. The van der Waals surface area contributed by atoms with Crippen LogP contribution in [0, 0.1) is 23.0 Å². The number of fused-ring (bicyclic) bond motifs is 1. The molecule has 1 heterocycles. The standard InChI is InChI=1S/C16H9F2N3/c17-12-5-3-6-13(18)16(12)21-15-8-10(9-19)11-4-1-2-7-14(11)20-15/h1-8H,(H,20,21). The lowest BCUT2D eigenvalue weighted by atomic mass is 10.1. The van der Waals surface area contributed by atoms with E-state index >= 15 is 0 Å².